The fourth-order valence-electron chi connectivity index (χ4n) is 2.25. The Bertz CT molecular complexity index is 933. The monoisotopic (exact) mass is 388 g/mol. The number of rotatable bonds is 5. The molecule has 2 N–H and O–H groups in total. The van der Waals surface area contributed by atoms with E-state index in [-0.39, 0.29) is 12.4 Å². The average Bonchev–Trinajstić information content (AvgIpc) is 3.18. The fraction of sp³-hybridized carbons (Fsp3) is 0.286. The van der Waals surface area contributed by atoms with Gasteiger partial charge in [0.15, 0.2) is 17.8 Å². The number of aliphatic hydroxyl groups is 1. The molecule has 3 rings (SSSR count). The maximum absolute atomic E-state index is 12.7. The standard InChI is InChI=1S/C14H12ClF3N6O2/c15-9-3-1-8(2-4-9)12-22-24(6-11-19-7-20-21-11)13(26)23(12)5-10(25)14(16,17)18/h1-4,7,10,25H,5-6H2,(H,19,20,21)/t10-/m0/s1. The van der Waals surface area contributed by atoms with Gasteiger partial charge in [-0.3, -0.25) is 4.57 Å². The molecule has 0 aliphatic rings. The highest BCUT2D eigenvalue weighted by molar-refractivity contribution is 6.30. The molecule has 1 atom stereocenters. The van der Waals surface area contributed by atoms with Crippen LogP contribution < -0.4 is 5.69 Å². The van der Waals surface area contributed by atoms with E-state index in [4.69, 9.17) is 11.6 Å². The first kappa shape index (κ1) is 18.1. The predicted octanol–water partition coefficient (Wildman–Crippen LogP) is 1.45. The van der Waals surface area contributed by atoms with Crippen LogP contribution in [0.15, 0.2) is 35.4 Å². The van der Waals surface area contributed by atoms with Crippen LogP contribution in [0.3, 0.4) is 0 Å². The van der Waals surface area contributed by atoms with Gasteiger partial charge in [0.1, 0.15) is 12.9 Å². The van der Waals surface area contributed by atoms with Crippen LogP contribution in [0, 0.1) is 0 Å². The summed E-state index contributed by atoms with van der Waals surface area (Å²) in [6.07, 6.45) is -6.29. The van der Waals surface area contributed by atoms with E-state index < -0.39 is 24.5 Å². The van der Waals surface area contributed by atoms with Gasteiger partial charge in [0, 0.05) is 10.6 Å². The van der Waals surface area contributed by atoms with Crippen molar-refractivity contribution in [3.8, 4) is 11.4 Å². The average molecular weight is 389 g/mol. The van der Waals surface area contributed by atoms with Gasteiger partial charge < -0.3 is 10.1 Å². The van der Waals surface area contributed by atoms with Gasteiger partial charge in [-0.15, -0.1) is 15.3 Å². The van der Waals surface area contributed by atoms with Gasteiger partial charge in [0.25, 0.3) is 0 Å². The second-order valence-corrected chi connectivity index (χ2v) is 5.81. The Morgan fingerprint density at radius 3 is 2.54 bits per heavy atom. The van der Waals surface area contributed by atoms with E-state index in [2.05, 4.69) is 20.3 Å². The number of halogens is 4. The summed E-state index contributed by atoms with van der Waals surface area (Å²) in [6.45, 7) is -1.11. The molecular formula is C14H12ClF3N6O2. The first-order chi connectivity index (χ1) is 12.3. The molecule has 12 heteroatoms. The molecule has 0 saturated carbocycles. The molecule has 0 unspecified atom stereocenters. The molecule has 0 fully saturated rings. The van der Waals surface area contributed by atoms with E-state index in [1.54, 1.807) is 0 Å². The Balaban J connectivity index is 2.05. The molecule has 0 saturated heterocycles. The summed E-state index contributed by atoms with van der Waals surface area (Å²) in [7, 11) is 0. The Kier molecular flexibility index (Phi) is 4.83. The van der Waals surface area contributed by atoms with Crippen LogP contribution in [0.5, 0.6) is 0 Å². The molecule has 2 heterocycles. The zero-order valence-corrected chi connectivity index (χ0v) is 13.7. The highest BCUT2D eigenvalue weighted by Crippen LogP contribution is 2.24. The Hall–Kier alpha value is -2.66. The van der Waals surface area contributed by atoms with Gasteiger partial charge in [-0.05, 0) is 24.3 Å². The van der Waals surface area contributed by atoms with Crippen molar-refractivity contribution >= 4 is 11.6 Å². The molecule has 0 aliphatic carbocycles. The Morgan fingerprint density at radius 1 is 1.27 bits per heavy atom. The summed E-state index contributed by atoms with van der Waals surface area (Å²) in [4.78, 5) is 15.2. The van der Waals surface area contributed by atoms with Gasteiger partial charge in [-0.1, -0.05) is 11.6 Å². The van der Waals surface area contributed by atoms with Gasteiger partial charge in [-0.2, -0.15) is 13.2 Å². The number of nitrogens with one attached hydrogen (secondary N) is 1. The quantitative estimate of drug-likeness (QED) is 0.689. The van der Waals surface area contributed by atoms with Crippen LogP contribution in [-0.4, -0.2) is 46.9 Å². The second-order valence-electron chi connectivity index (χ2n) is 5.37. The van der Waals surface area contributed by atoms with Crippen molar-refractivity contribution in [1.82, 2.24) is 29.5 Å². The number of aromatic amines is 1. The van der Waals surface area contributed by atoms with E-state index in [1.165, 1.54) is 30.6 Å². The smallest absolute Gasteiger partial charge is 0.382 e. The Labute approximate surface area is 148 Å². The summed E-state index contributed by atoms with van der Waals surface area (Å²) >= 11 is 5.81. The maximum atomic E-state index is 12.7. The van der Waals surface area contributed by atoms with Crippen LogP contribution in [0.25, 0.3) is 11.4 Å². The van der Waals surface area contributed by atoms with Crippen LogP contribution >= 0.6 is 11.6 Å². The molecule has 0 aliphatic heterocycles. The number of aromatic nitrogens is 6. The van der Waals surface area contributed by atoms with Crippen molar-refractivity contribution in [1.29, 1.82) is 0 Å². The molecule has 138 valence electrons. The minimum Gasteiger partial charge on any atom is -0.382 e. The minimum absolute atomic E-state index is 0.0329. The van der Waals surface area contributed by atoms with Crippen molar-refractivity contribution in [3.63, 3.8) is 0 Å². The van der Waals surface area contributed by atoms with Crippen molar-refractivity contribution in [3.05, 3.63) is 51.9 Å². The molecule has 0 spiro atoms. The zero-order valence-electron chi connectivity index (χ0n) is 13.0. The number of alkyl halides is 3. The summed E-state index contributed by atoms with van der Waals surface area (Å²) in [5.74, 6) is 0.269. The number of hydrogen-bond donors (Lipinski definition) is 2. The molecule has 26 heavy (non-hydrogen) atoms. The summed E-state index contributed by atoms with van der Waals surface area (Å²) in [5, 5.41) is 21.1. The van der Waals surface area contributed by atoms with Gasteiger partial charge in [-0.25, -0.2) is 9.48 Å². The van der Waals surface area contributed by atoms with Crippen molar-refractivity contribution in [2.45, 2.75) is 25.4 Å². The summed E-state index contributed by atoms with van der Waals surface area (Å²) in [6, 6.07) is 6.06. The molecular weight excluding hydrogens is 377 g/mol. The lowest BCUT2D eigenvalue weighted by molar-refractivity contribution is -0.207. The summed E-state index contributed by atoms with van der Waals surface area (Å²) < 4.78 is 39.9. The third-order valence-corrected chi connectivity index (χ3v) is 3.78. The van der Waals surface area contributed by atoms with Crippen LogP contribution in [0.1, 0.15) is 5.82 Å². The lowest BCUT2D eigenvalue weighted by atomic mass is 10.2. The van der Waals surface area contributed by atoms with Crippen molar-refractivity contribution < 1.29 is 18.3 Å². The van der Waals surface area contributed by atoms with Gasteiger partial charge >= 0.3 is 11.9 Å². The predicted molar refractivity (Wildman–Crippen MR) is 84.5 cm³/mol. The highest BCUT2D eigenvalue weighted by atomic mass is 35.5. The van der Waals surface area contributed by atoms with E-state index >= 15 is 0 Å². The number of nitrogens with zero attached hydrogens (tertiary/aromatic N) is 5. The molecule has 0 bridgehead atoms. The third kappa shape index (κ3) is 3.78. The molecule has 3 aromatic rings. The minimum atomic E-state index is -4.87. The lowest BCUT2D eigenvalue weighted by Gasteiger charge is -2.15. The van der Waals surface area contributed by atoms with E-state index in [9.17, 15) is 23.1 Å². The topological polar surface area (TPSA) is 102 Å². The lowest BCUT2D eigenvalue weighted by Crippen LogP contribution is -2.37. The molecule has 0 radical (unpaired) electrons. The number of hydrogen-bond acceptors (Lipinski definition) is 5. The number of H-pyrrole nitrogens is 1. The van der Waals surface area contributed by atoms with E-state index in [0.717, 1.165) is 9.25 Å². The summed E-state index contributed by atoms with van der Waals surface area (Å²) in [5.41, 5.74) is -0.452. The number of aliphatic hydroxyl groups excluding tert-OH is 1. The van der Waals surface area contributed by atoms with Crippen molar-refractivity contribution in [2.75, 3.05) is 0 Å². The molecule has 2 aromatic heterocycles. The molecule has 1 aromatic carbocycles. The van der Waals surface area contributed by atoms with Crippen molar-refractivity contribution in [2.24, 2.45) is 0 Å². The largest absolute Gasteiger partial charge is 0.416 e. The first-order valence-electron chi connectivity index (χ1n) is 7.29. The normalized spacial score (nSPS) is 13.1. The van der Waals surface area contributed by atoms with Gasteiger partial charge in [0.05, 0.1) is 6.54 Å². The molecule has 0 amide bonds. The van der Waals surface area contributed by atoms with E-state index in [0.29, 0.717) is 16.4 Å². The SMILES string of the molecule is O=c1n(Cc2nnc[nH]2)nc(-c2ccc(Cl)cc2)n1C[C@H](O)C(F)(F)F. The van der Waals surface area contributed by atoms with Crippen LogP contribution in [0.4, 0.5) is 13.2 Å². The zero-order chi connectivity index (χ0) is 18.9. The number of benzene rings is 1. The van der Waals surface area contributed by atoms with Crippen LogP contribution in [-0.2, 0) is 13.1 Å². The first-order valence-corrected chi connectivity index (χ1v) is 7.67. The van der Waals surface area contributed by atoms with Crippen LogP contribution in [0.2, 0.25) is 5.02 Å². The molecule has 8 nitrogen and oxygen atoms in total. The highest BCUT2D eigenvalue weighted by Gasteiger charge is 2.39. The second kappa shape index (κ2) is 6.92. The Morgan fingerprint density at radius 2 is 1.96 bits per heavy atom. The fourth-order valence-corrected chi connectivity index (χ4v) is 2.37. The van der Waals surface area contributed by atoms with E-state index in [1.807, 2.05) is 0 Å². The van der Waals surface area contributed by atoms with Gasteiger partial charge in [0.2, 0.25) is 0 Å². The third-order valence-electron chi connectivity index (χ3n) is 3.53. The maximum Gasteiger partial charge on any atom is 0.416 e.